The van der Waals surface area contributed by atoms with E-state index in [4.69, 9.17) is 10.7 Å². The molecule has 1 atom stereocenters. The van der Waals surface area contributed by atoms with Gasteiger partial charge in [0.2, 0.25) is 0 Å². The number of rotatable bonds is 5. The second-order valence-electron chi connectivity index (χ2n) is 10.6. The highest BCUT2D eigenvalue weighted by Gasteiger charge is 2.49. The third-order valence-electron chi connectivity index (χ3n) is 8.01. The van der Waals surface area contributed by atoms with Gasteiger partial charge in [0.15, 0.2) is 5.66 Å². The number of H-pyrrole nitrogens is 1. The molecule has 0 radical (unpaired) electrons. The minimum atomic E-state index is -0.585. The molecule has 3 aromatic rings. The van der Waals surface area contributed by atoms with Crippen molar-refractivity contribution in [3.8, 4) is 0 Å². The molecule has 190 valence electrons. The number of para-hydroxylation sites is 1. The van der Waals surface area contributed by atoms with E-state index in [0.717, 1.165) is 52.1 Å². The molecule has 2 aliphatic heterocycles. The highest BCUT2D eigenvalue weighted by atomic mass is 16.1. The SMILES string of the molecule is CC1CCC(N2NC(c3ccc(CNC(=O)c4cc5ccccc5[nH]4)cc3)=C3C(N)=NC=NC32C)CC1. The van der Waals surface area contributed by atoms with Gasteiger partial charge in [0.05, 0.1) is 11.3 Å². The van der Waals surface area contributed by atoms with Crippen LogP contribution in [0.5, 0.6) is 0 Å². The van der Waals surface area contributed by atoms with Crippen LogP contribution in [0.3, 0.4) is 0 Å². The van der Waals surface area contributed by atoms with E-state index >= 15 is 0 Å². The quantitative estimate of drug-likeness (QED) is 0.422. The Kier molecular flexibility index (Phi) is 5.83. The summed E-state index contributed by atoms with van der Waals surface area (Å²) in [5.74, 6) is 1.14. The van der Waals surface area contributed by atoms with Gasteiger partial charge in [-0.3, -0.25) is 4.79 Å². The Morgan fingerprint density at radius 1 is 1.14 bits per heavy atom. The molecule has 0 bridgehead atoms. The maximum atomic E-state index is 12.7. The second kappa shape index (κ2) is 9.19. The van der Waals surface area contributed by atoms with Crippen LogP contribution in [0.2, 0.25) is 0 Å². The number of hydrogen-bond acceptors (Lipinski definition) is 6. The van der Waals surface area contributed by atoms with Crippen LogP contribution in [0.1, 0.15) is 61.1 Å². The van der Waals surface area contributed by atoms with E-state index in [1.165, 1.54) is 12.8 Å². The second-order valence-corrected chi connectivity index (χ2v) is 10.6. The van der Waals surface area contributed by atoms with Gasteiger partial charge in [-0.2, -0.15) is 5.01 Å². The Morgan fingerprint density at radius 2 is 1.89 bits per heavy atom. The number of hydrogen-bond donors (Lipinski definition) is 4. The lowest BCUT2D eigenvalue weighted by Gasteiger charge is -2.42. The number of carbonyl (C=O) groups is 1. The first kappa shape index (κ1) is 23.5. The van der Waals surface area contributed by atoms with E-state index in [1.54, 1.807) is 6.34 Å². The summed E-state index contributed by atoms with van der Waals surface area (Å²) in [7, 11) is 0. The molecule has 1 fully saturated rings. The van der Waals surface area contributed by atoms with Crippen molar-refractivity contribution in [2.75, 3.05) is 0 Å². The van der Waals surface area contributed by atoms with Crippen LogP contribution in [-0.4, -0.2) is 39.8 Å². The van der Waals surface area contributed by atoms with Gasteiger partial charge in [0.25, 0.3) is 5.91 Å². The Morgan fingerprint density at radius 3 is 2.65 bits per heavy atom. The van der Waals surface area contributed by atoms with Crippen molar-refractivity contribution in [1.82, 2.24) is 20.7 Å². The maximum Gasteiger partial charge on any atom is 0.267 e. The third-order valence-corrected chi connectivity index (χ3v) is 8.01. The lowest BCUT2D eigenvalue weighted by atomic mass is 9.85. The fourth-order valence-electron chi connectivity index (χ4n) is 5.83. The van der Waals surface area contributed by atoms with E-state index in [0.29, 0.717) is 24.1 Å². The van der Waals surface area contributed by atoms with Crippen molar-refractivity contribution < 1.29 is 4.79 Å². The number of nitrogens with one attached hydrogen (secondary N) is 3. The molecule has 6 rings (SSSR count). The van der Waals surface area contributed by atoms with E-state index in [9.17, 15) is 4.79 Å². The van der Waals surface area contributed by atoms with E-state index < -0.39 is 5.66 Å². The molecule has 1 amide bonds. The lowest BCUT2D eigenvalue weighted by Crippen LogP contribution is -2.55. The zero-order valence-electron chi connectivity index (χ0n) is 21.3. The molecule has 1 aromatic heterocycles. The summed E-state index contributed by atoms with van der Waals surface area (Å²) in [5, 5.41) is 6.32. The van der Waals surface area contributed by atoms with Gasteiger partial charge >= 0.3 is 0 Å². The fourth-order valence-corrected chi connectivity index (χ4v) is 5.83. The van der Waals surface area contributed by atoms with Crippen molar-refractivity contribution >= 4 is 34.7 Å². The molecule has 0 spiro atoms. The summed E-state index contributed by atoms with van der Waals surface area (Å²) < 4.78 is 0. The monoisotopic (exact) mass is 495 g/mol. The van der Waals surface area contributed by atoms with Crippen molar-refractivity contribution in [2.45, 2.75) is 57.8 Å². The molecule has 1 saturated carbocycles. The van der Waals surface area contributed by atoms with Gasteiger partial charge in [-0.1, -0.05) is 49.4 Å². The smallest absolute Gasteiger partial charge is 0.267 e. The standard InChI is InChI=1S/C29H33N7O/c1-18-7-13-22(14-8-18)36-29(2)25(27(30)32-17-33-29)26(35-36)20-11-9-19(10-12-20)16-31-28(37)24-15-21-5-3-4-6-23(21)34-24/h3-6,9-12,15,17-18,22,34-35H,7-8,13-14,16H2,1-2H3,(H,31,37)(H2,30,32,33). The van der Waals surface area contributed by atoms with Crippen molar-refractivity contribution in [2.24, 2.45) is 21.6 Å². The minimum Gasteiger partial charge on any atom is -0.383 e. The van der Waals surface area contributed by atoms with Gasteiger partial charge in [0, 0.05) is 23.5 Å². The first-order chi connectivity index (χ1) is 17.9. The highest BCUT2D eigenvalue weighted by molar-refractivity contribution is 6.10. The number of carbonyl (C=O) groups excluding carboxylic acids is 1. The van der Waals surface area contributed by atoms with Gasteiger partial charge < -0.3 is 21.5 Å². The van der Waals surface area contributed by atoms with Gasteiger partial charge in [-0.05, 0) is 61.8 Å². The van der Waals surface area contributed by atoms with Crippen molar-refractivity contribution in [3.05, 3.63) is 77.0 Å². The van der Waals surface area contributed by atoms with Crippen LogP contribution in [-0.2, 0) is 6.54 Å². The van der Waals surface area contributed by atoms with Crippen LogP contribution in [0, 0.1) is 5.92 Å². The van der Waals surface area contributed by atoms with Crippen molar-refractivity contribution in [1.29, 1.82) is 0 Å². The molecule has 3 aliphatic rings. The number of aromatic amines is 1. The minimum absolute atomic E-state index is 0.125. The van der Waals surface area contributed by atoms with E-state index in [-0.39, 0.29) is 5.91 Å². The summed E-state index contributed by atoms with van der Waals surface area (Å²) in [6.45, 7) is 4.89. The number of nitrogens with two attached hydrogens (primary N) is 1. The zero-order chi connectivity index (χ0) is 25.6. The summed E-state index contributed by atoms with van der Waals surface area (Å²) in [4.78, 5) is 25.0. The number of benzene rings is 2. The molecule has 3 heterocycles. The molecule has 1 aliphatic carbocycles. The average Bonchev–Trinajstić information content (AvgIpc) is 3.48. The van der Waals surface area contributed by atoms with Crippen LogP contribution < -0.4 is 16.5 Å². The Bertz CT molecular complexity index is 1390. The van der Waals surface area contributed by atoms with Gasteiger partial charge in [-0.25, -0.2) is 9.98 Å². The van der Waals surface area contributed by atoms with Crippen LogP contribution in [0.15, 0.2) is 70.2 Å². The molecular formula is C29H33N7O. The molecule has 1 unspecified atom stereocenters. The lowest BCUT2D eigenvalue weighted by molar-refractivity contribution is 0.0439. The van der Waals surface area contributed by atoms with Crippen LogP contribution in [0.4, 0.5) is 0 Å². The molecule has 2 aromatic carbocycles. The number of amidine groups is 1. The largest absolute Gasteiger partial charge is 0.383 e. The fraction of sp³-hybridized carbons (Fsp3) is 0.345. The summed E-state index contributed by atoms with van der Waals surface area (Å²) in [6.07, 6.45) is 6.28. The summed E-state index contributed by atoms with van der Waals surface area (Å²) in [5.41, 5.74) is 14.9. The van der Waals surface area contributed by atoms with E-state index in [2.05, 4.69) is 51.7 Å². The molecule has 8 nitrogen and oxygen atoms in total. The number of amides is 1. The number of aliphatic imine (C=N–C) groups is 2. The molecule has 8 heteroatoms. The van der Waals surface area contributed by atoms with Crippen molar-refractivity contribution in [3.63, 3.8) is 0 Å². The van der Waals surface area contributed by atoms with Crippen LogP contribution >= 0.6 is 0 Å². The Labute approximate surface area is 216 Å². The predicted octanol–water partition coefficient (Wildman–Crippen LogP) is 4.32. The molecule has 37 heavy (non-hydrogen) atoms. The average molecular weight is 496 g/mol. The Hall–Kier alpha value is -3.91. The molecule has 5 N–H and O–H groups in total. The summed E-state index contributed by atoms with van der Waals surface area (Å²) in [6, 6.07) is 18.3. The van der Waals surface area contributed by atoms with E-state index in [1.807, 2.05) is 42.5 Å². The summed E-state index contributed by atoms with van der Waals surface area (Å²) >= 11 is 0. The molecular weight excluding hydrogens is 462 g/mol. The van der Waals surface area contributed by atoms with Gasteiger partial charge in [-0.15, -0.1) is 0 Å². The highest BCUT2D eigenvalue weighted by Crippen LogP contribution is 2.42. The zero-order valence-corrected chi connectivity index (χ0v) is 21.3. The number of nitrogens with zero attached hydrogens (tertiary/aromatic N) is 3. The molecule has 0 saturated heterocycles. The van der Waals surface area contributed by atoms with Crippen LogP contribution in [0.25, 0.3) is 16.6 Å². The number of fused-ring (bicyclic) bond motifs is 2. The third kappa shape index (κ3) is 4.21. The maximum absolute atomic E-state index is 12.7. The topological polar surface area (TPSA) is 111 Å². The number of hydrazine groups is 1. The first-order valence-corrected chi connectivity index (χ1v) is 13.1. The number of aromatic nitrogens is 1. The normalized spacial score (nSPS) is 25.6. The van der Waals surface area contributed by atoms with Gasteiger partial charge in [0.1, 0.15) is 17.9 Å². The first-order valence-electron chi connectivity index (χ1n) is 13.1. The Balaban J connectivity index is 1.19. The predicted molar refractivity (Wildman–Crippen MR) is 148 cm³/mol.